The second-order valence-electron chi connectivity index (χ2n) is 6.37. The normalized spacial score (nSPS) is 27.8. The van der Waals surface area contributed by atoms with E-state index in [0.717, 1.165) is 18.6 Å². The van der Waals surface area contributed by atoms with Gasteiger partial charge in [0.15, 0.2) is 0 Å². The molecule has 1 atom stereocenters. The molecule has 1 aliphatic carbocycles. The number of nitrogens with one attached hydrogen (secondary N) is 1. The predicted octanol–water partition coefficient (Wildman–Crippen LogP) is 3.01. The lowest BCUT2D eigenvalue weighted by atomic mass is 9.82. The van der Waals surface area contributed by atoms with Crippen molar-refractivity contribution in [2.45, 2.75) is 44.1 Å². The molecule has 2 aliphatic rings. The van der Waals surface area contributed by atoms with Crippen molar-refractivity contribution in [3.05, 3.63) is 30.1 Å². The minimum Gasteiger partial charge on any atom is -0.324 e. The first-order chi connectivity index (χ1) is 9.28. The molecule has 19 heavy (non-hydrogen) atoms. The van der Waals surface area contributed by atoms with Gasteiger partial charge in [-0.15, -0.1) is 0 Å². The Kier molecular flexibility index (Phi) is 2.46. The molecule has 2 fully saturated rings. The Morgan fingerprint density at radius 2 is 2.16 bits per heavy atom. The maximum Gasteiger partial charge on any atom is 0.117 e. The first-order valence-electron chi connectivity index (χ1n) is 7.46. The number of imidazole rings is 1. The van der Waals surface area contributed by atoms with Gasteiger partial charge in [0.1, 0.15) is 5.82 Å². The fraction of sp³-hybridized carbons (Fsp3) is 0.562. The van der Waals surface area contributed by atoms with Crippen LogP contribution in [0.1, 0.15) is 44.5 Å². The zero-order chi connectivity index (χ0) is 12.9. The summed E-state index contributed by atoms with van der Waals surface area (Å²) in [6, 6.07) is 9.30. The van der Waals surface area contributed by atoms with E-state index in [2.05, 4.69) is 41.1 Å². The van der Waals surface area contributed by atoms with Crippen molar-refractivity contribution in [2.75, 3.05) is 13.1 Å². The molecule has 3 heteroatoms. The van der Waals surface area contributed by atoms with Crippen molar-refractivity contribution in [3.8, 4) is 0 Å². The first kappa shape index (κ1) is 11.5. The maximum atomic E-state index is 4.99. The Morgan fingerprint density at radius 3 is 2.89 bits per heavy atom. The highest BCUT2D eigenvalue weighted by Gasteiger charge is 2.37. The summed E-state index contributed by atoms with van der Waals surface area (Å²) in [5, 5.41) is 3.55. The lowest BCUT2D eigenvalue weighted by molar-refractivity contribution is 0.314. The standard InChI is InChI=1S/C16H21N3/c1-16(9-4-10-17-11-16)15-18-13-5-2-3-6-14(13)19(15)12-7-8-12/h2-3,5-6,12,17H,4,7-11H2,1H3. The molecule has 1 aliphatic heterocycles. The number of fused-ring (bicyclic) bond motifs is 1. The van der Waals surface area contributed by atoms with Gasteiger partial charge in [-0.05, 0) is 44.4 Å². The average molecular weight is 255 g/mol. The Morgan fingerprint density at radius 1 is 1.32 bits per heavy atom. The van der Waals surface area contributed by atoms with E-state index in [1.54, 1.807) is 0 Å². The highest BCUT2D eigenvalue weighted by molar-refractivity contribution is 5.76. The monoisotopic (exact) mass is 255 g/mol. The van der Waals surface area contributed by atoms with Gasteiger partial charge in [0.05, 0.1) is 11.0 Å². The molecule has 100 valence electrons. The van der Waals surface area contributed by atoms with Gasteiger partial charge in [-0.25, -0.2) is 4.98 Å². The molecule has 0 bridgehead atoms. The van der Waals surface area contributed by atoms with Crippen LogP contribution in [0.15, 0.2) is 24.3 Å². The Hall–Kier alpha value is -1.35. The second-order valence-corrected chi connectivity index (χ2v) is 6.37. The van der Waals surface area contributed by atoms with E-state index in [1.165, 1.54) is 37.0 Å². The number of benzene rings is 1. The van der Waals surface area contributed by atoms with Crippen LogP contribution in [0.3, 0.4) is 0 Å². The van der Waals surface area contributed by atoms with E-state index >= 15 is 0 Å². The highest BCUT2D eigenvalue weighted by Crippen LogP contribution is 2.42. The van der Waals surface area contributed by atoms with Crippen LogP contribution in [0.5, 0.6) is 0 Å². The van der Waals surface area contributed by atoms with E-state index in [9.17, 15) is 0 Å². The van der Waals surface area contributed by atoms with Gasteiger partial charge in [0.25, 0.3) is 0 Å². The maximum absolute atomic E-state index is 4.99. The molecule has 4 rings (SSSR count). The van der Waals surface area contributed by atoms with Gasteiger partial charge in [0, 0.05) is 18.0 Å². The third-order valence-corrected chi connectivity index (χ3v) is 4.64. The number of rotatable bonds is 2. The molecule has 0 radical (unpaired) electrons. The second kappa shape index (κ2) is 4.07. The molecule has 1 aromatic heterocycles. The van der Waals surface area contributed by atoms with E-state index in [-0.39, 0.29) is 5.41 Å². The summed E-state index contributed by atoms with van der Waals surface area (Å²) in [6.45, 7) is 4.58. The van der Waals surface area contributed by atoms with Crippen molar-refractivity contribution in [1.82, 2.24) is 14.9 Å². The van der Waals surface area contributed by atoms with Crippen LogP contribution < -0.4 is 5.32 Å². The summed E-state index contributed by atoms with van der Waals surface area (Å²) < 4.78 is 2.53. The molecule has 1 aromatic carbocycles. The molecule has 0 amide bonds. The summed E-state index contributed by atoms with van der Waals surface area (Å²) in [5.74, 6) is 1.31. The summed E-state index contributed by atoms with van der Waals surface area (Å²) in [7, 11) is 0. The van der Waals surface area contributed by atoms with Crippen LogP contribution in [0.25, 0.3) is 11.0 Å². The number of para-hydroxylation sites is 2. The van der Waals surface area contributed by atoms with Gasteiger partial charge in [-0.2, -0.15) is 0 Å². The van der Waals surface area contributed by atoms with Crippen LogP contribution in [-0.2, 0) is 5.41 Å². The number of piperidine rings is 1. The van der Waals surface area contributed by atoms with Gasteiger partial charge < -0.3 is 9.88 Å². The van der Waals surface area contributed by atoms with Crippen molar-refractivity contribution >= 4 is 11.0 Å². The van der Waals surface area contributed by atoms with Crippen molar-refractivity contribution < 1.29 is 0 Å². The molecule has 2 aromatic rings. The summed E-state index contributed by atoms with van der Waals surface area (Å²) in [5.41, 5.74) is 2.68. The molecule has 0 spiro atoms. The SMILES string of the molecule is CC1(c2nc3ccccc3n2C2CC2)CCCNC1. The van der Waals surface area contributed by atoms with Crippen LogP contribution in [0, 0.1) is 0 Å². The summed E-state index contributed by atoms with van der Waals surface area (Å²) in [6.07, 6.45) is 5.13. The molecule has 1 saturated carbocycles. The lowest BCUT2D eigenvalue weighted by Gasteiger charge is -2.34. The molecule has 1 unspecified atom stereocenters. The third-order valence-electron chi connectivity index (χ3n) is 4.64. The topological polar surface area (TPSA) is 29.9 Å². The molecule has 1 N–H and O–H groups in total. The molecular weight excluding hydrogens is 234 g/mol. The van der Waals surface area contributed by atoms with Gasteiger partial charge in [0.2, 0.25) is 0 Å². The summed E-state index contributed by atoms with van der Waals surface area (Å²) in [4.78, 5) is 4.99. The molecule has 3 nitrogen and oxygen atoms in total. The van der Waals surface area contributed by atoms with Crippen LogP contribution in [-0.4, -0.2) is 22.6 Å². The van der Waals surface area contributed by atoms with Gasteiger partial charge in [-0.3, -0.25) is 0 Å². The van der Waals surface area contributed by atoms with E-state index < -0.39 is 0 Å². The van der Waals surface area contributed by atoms with E-state index in [0.29, 0.717) is 6.04 Å². The summed E-state index contributed by atoms with van der Waals surface area (Å²) >= 11 is 0. The fourth-order valence-corrected chi connectivity index (χ4v) is 3.42. The zero-order valence-corrected chi connectivity index (χ0v) is 11.5. The van der Waals surface area contributed by atoms with Crippen LogP contribution in [0.4, 0.5) is 0 Å². The van der Waals surface area contributed by atoms with Gasteiger partial charge >= 0.3 is 0 Å². The van der Waals surface area contributed by atoms with Crippen molar-refractivity contribution in [3.63, 3.8) is 0 Å². The average Bonchev–Trinajstić information content (AvgIpc) is 3.19. The van der Waals surface area contributed by atoms with Crippen molar-refractivity contribution in [1.29, 1.82) is 0 Å². The number of nitrogens with zero attached hydrogens (tertiary/aromatic N) is 2. The number of aromatic nitrogens is 2. The smallest absolute Gasteiger partial charge is 0.117 e. The van der Waals surface area contributed by atoms with Gasteiger partial charge in [-0.1, -0.05) is 19.1 Å². The first-order valence-corrected chi connectivity index (χ1v) is 7.46. The third kappa shape index (κ3) is 1.79. The molecule has 2 heterocycles. The largest absolute Gasteiger partial charge is 0.324 e. The zero-order valence-electron chi connectivity index (χ0n) is 11.5. The molecule has 1 saturated heterocycles. The van der Waals surface area contributed by atoms with E-state index in [4.69, 9.17) is 4.98 Å². The quantitative estimate of drug-likeness (QED) is 0.894. The highest BCUT2D eigenvalue weighted by atomic mass is 15.1. The number of hydrogen-bond donors (Lipinski definition) is 1. The van der Waals surface area contributed by atoms with Crippen LogP contribution in [0.2, 0.25) is 0 Å². The Labute approximate surface area is 114 Å². The number of hydrogen-bond acceptors (Lipinski definition) is 2. The predicted molar refractivity (Wildman–Crippen MR) is 77.5 cm³/mol. The fourth-order valence-electron chi connectivity index (χ4n) is 3.42. The minimum absolute atomic E-state index is 0.194. The minimum atomic E-state index is 0.194. The van der Waals surface area contributed by atoms with E-state index in [1.807, 2.05) is 0 Å². The lowest BCUT2D eigenvalue weighted by Crippen LogP contribution is -2.42. The van der Waals surface area contributed by atoms with Crippen molar-refractivity contribution in [2.24, 2.45) is 0 Å². The Bertz CT molecular complexity index is 603. The van der Waals surface area contributed by atoms with Crippen LogP contribution >= 0.6 is 0 Å². The molecular formula is C16H21N3. The Balaban J connectivity index is 1.90.